The molecule has 0 radical (unpaired) electrons. The number of allylic oxidation sites excluding steroid dienone is 20. The second-order valence-corrected chi connectivity index (χ2v) is 18.5. The highest BCUT2D eigenvalue weighted by atomic mass is 16.6. The number of carbonyl (C=O) groups is 3. The maximum atomic E-state index is 12.8. The molecule has 0 heterocycles. The predicted molar refractivity (Wildman–Crippen MR) is 302 cm³/mol. The maximum absolute atomic E-state index is 12.8. The van der Waals surface area contributed by atoms with Crippen molar-refractivity contribution in [2.24, 2.45) is 0 Å². The van der Waals surface area contributed by atoms with Crippen molar-refractivity contribution in [2.45, 2.75) is 252 Å². The number of rotatable bonds is 50. The van der Waals surface area contributed by atoms with Gasteiger partial charge in [0.15, 0.2) is 6.10 Å². The van der Waals surface area contributed by atoms with Gasteiger partial charge in [0.25, 0.3) is 0 Å². The van der Waals surface area contributed by atoms with Gasteiger partial charge in [0.2, 0.25) is 0 Å². The van der Waals surface area contributed by atoms with Crippen LogP contribution < -0.4 is 0 Å². The molecule has 1 unspecified atom stereocenters. The molecule has 0 aromatic carbocycles. The van der Waals surface area contributed by atoms with E-state index in [0.29, 0.717) is 25.7 Å². The molecule has 0 aliphatic heterocycles. The highest BCUT2D eigenvalue weighted by Crippen LogP contribution is 2.13. The second kappa shape index (κ2) is 57.4. The van der Waals surface area contributed by atoms with Crippen LogP contribution >= 0.6 is 0 Å². The molecule has 0 aromatic heterocycles. The van der Waals surface area contributed by atoms with Crippen LogP contribution in [0.15, 0.2) is 122 Å². The van der Waals surface area contributed by atoms with Crippen LogP contribution in [0.3, 0.4) is 0 Å². The van der Waals surface area contributed by atoms with Crippen molar-refractivity contribution in [3.63, 3.8) is 0 Å². The van der Waals surface area contributed by atoms with Crippen molar-refractivity contribution in [2.75, 3.05) is 13.2 Å². The second-order valence-electron chi connectivity index (χ2n) is 18.5. The molecule has 0 amide bonds. The lowest BCUT2D eigenvalue weighted by atomic mass is 10.1. The Morgan fingerprint density at radius 1 is 0.300 bits per heavy atom. The summed E-state index contributed by atoms with van der Waals surface area (Å²) in [7, 11) is 0. The predicted octanol–water partition coefficient (Wildman–Crippen LogP) is 19.3. The van der Waals surface area contributed by atoms with Gasteiger partial charge in [0.1, 0.15) is 13.2 Å². The Morgan fingerprint density at radius 3 is 0.914 bits per heavy atom. The monoisotopic (exact) mass is 969 g/mol. The summed E-state index contributed by atoms with van der Waals surface area (Å²) < 4.78 is 16.7. The van der Waals surface area contributed by atoms with Crippen LogP contribution in [0.25, 0.3) is 0 Å². The van der Waals surface area contributed by atoms with Gasteiger partial charge in [-0.15, -0.1) is 0 Å². The number of hydrogen-bond donors (Lipinski definition) is 0. The molecular weight excluding hydrogens is 865 g/mol. The van der Waals surface area contributed by atoms with Crippen molar-refractivity contribution in [3.8, 4) is 0 Å². The molecule has 70 heavy (non-hydrogen) atoms. The minimum atomic E-state index is -0.801. The molecule has 0 N–H and O–H groups in total. The smallest absolute Gasteiger partial charge is 0.306 e. The van der Waals surface area contributed by atoms with E-state index in [-0.39, 0.29) is 31.1 Å². The Morgan fingerprint density at radius 2 is 0.557 bits per heavy atom. The molecule has 0 spiro atoms. The summed E-state index contributed by atoms with van der Waals surface area (Å²) in [5, 5.41) is 0. The molecule has 0 fully saturated rings. The van der Waals surface area contributed by atoms with E-state index in [4.69, 9.17) is 14.2 Å². The molecule has 396 valence electrons. The first-order valence-electron chi connectivity index (χ1n) is 28.5. The Kier molecular flexibility index (Phi) is 54.0. The highest BCUT2D eigenvalue weighted by Gasteiger charge is 2.19. The number of hydrogen-bond acceptors (Lipinski definition) is 6. The number of esters is 3. The fourth-order valence-electron chi connectivity index (χ4n) is 7.43. The lowest BCUT2D eigenvalue weighted by molar-refractivity contribution is -0.167. The van der Waals surface area contributed by atoms with Gasteiger partial charge < -0.3 is 14.2 Å². The molecule has 6 nitrogen and oxygen atoms in total. The zero-order chi connectivity index (χ0) is 50.7. The normalized spacial score (nSPS) is 13.0. The molecule has 0 aliphatic carbocycles. The van der Waals surface area contributed by atoms with E-state index in [1.165, 1.54) is 83.5 Å². The van der Waals surface area contributed by atoms with Crippen molar-refractivity contribution in [3.05, 3.63) is 122 Å². The van der Waals surface area contributed by atoms with Crippen LogP contribution in [-0.4, -0.2) is 37.2 Å². The summed E-state index contributed by atoms with van der Waals surface area (Å²) in [5.74, 6) is -0.961. The van der Waals surface area contributed by atoms with Crippen LogP contribution in [0, 0.1) is 0 Å². The van der Waals surface area contributed by atoms with Crippen LogP contribution in [0.1, 0.15) is 245 Å². The third-order valence-electron chi connectivity index (χ3n) is 11.7. The van der Waals surface area contributed by atoms with Gasteiger partial charge in [0, 0.05) is 19.3 Å². The summed E-state index contributed by atoms with van der Waals surface area (Å²) in [6, 6.07) is 0. The van der Waals surface area contributed by atoms with Gasteiger partial charge >= 0.3 is 17.9 Å². The molecule has 0 rings (SSSR count). The summed E-state index contributed by atoms with van der Waals surface area (Å²) >= 11 is 0. The van der Waals surface area contributed by atoms with Gasteiger partial charge in [-0.2, -0.15) is 0 Å². The Bertz CT molecular complexity index is 1490. The number of ether oxygens (including phenoxy) is 3. The van der Waals surface area contributed by atoms with E-state index < -0.39 is 6.10 Å². The van der Waals surface area contributed by atoms with Gasteiger partial charge in [-0.3, -0.25) is 14.4 Å². The Labute approximate surface area is 431 Å². The standard InChI is InChI=1S/C64H104O6/c1-4-7-10-13-16-18-20-22-24-26-28-29-30-31-32-33-34-35-36-38-39-41-43-45-48-51-54-57-63(66)69-60-61(59-68-62(65)56-53-50-47-15-12-9-6-3)70-64(67)58-55-52-49-46-44-42-40-37-27-25-23-21-19-17-14-11-8-5-2/h7,10,16,18-19,21-22,24-25,27-29,31-32,34-35,38-39,43,45,61H,4-6,8-9,11-15,17,20,23,26,30,33,36-37,40-42,44,46-60H2,1-3H3/b10-7-,18-16-,21-19-,24-22-,27-25-,29-28-,32-31-,35-34-,39-38-,45-43-. The summed E-state index contributed by atoms with van der Waals surface area (Å²) in [5.41, 5.74) is 0. The quantitative estimate of drug-likeness (QED) is 0.0262. The molecule has 6 heteroatoms. The third kappa shape index (κ3) is 54.7. The van der Waals surface area contributed by atoms with Crippen LogP contribution in [0.4, 0.5) is 0 Å². The average molecular weight is 970 g/mol. The topological polar surface area (TPSA) is 78.9 Å². The van der Waals surface area contributed by atoms with E-state index in [2.05, 4.69) is 142 Å². The van der Waals surface area contributed by atoms with Crippen molar-refractivity contribution in [1.29, 1.82) is 0 Å². The van der Waals surface area contributed by atoms with Crippen molar-refractivity contribution >= 4 is 17.9 Å². The molecule has 0 saturated carbocycles. The van der Waals surface area contributed by atoms with Crippen molar-refractivity contribution < 1.29 is 28.6 Å². The summed E-state index contributed by atoms with van der Waals surface area (Å²) in [6.45, 7) is 6.41. The largest absolute Gasteiger partial charge is 0.462 e. The first-order valence-corrected chi connectivity index (χ1v) is 28.5. The average Bonchev–Trinajstić information content (AvgIpc) is 3.36. The van der Waals surface area contributed by atoms with E-state index in [0.717, 1.165) is 116 Å². The first kappa shape index (κ1) is 65.8. The van der Waals surface area contributed by atoms with Crippen molar-refractivity contribution in [1.82, 2.24) is 0 Å². The van der Waals surface area contributed by atoms with E-state index in [9.17, 15) is 14.4 Å². The summed E-state index contributed by atoms with van der Waals surface area (Å²) in [4.78, 5) is 37.9. The fraction of sp³-hybridized carbons (Fsp3) is 0.641. The Balaban J connectivity index is 4.32. The van der Waals surface area contributed by atoms with Gasteiger partial charge in [-0.25, -0.2) is 0 Å². The van der Waals surface area contributed by atoms with E-state index in [1.54, 1.807) is 0 Å². The lowest BCUT2D eigenvalue weighted by Crippen LogP contribution is -2.30. The van der Waals surface area contributed by atoms with Crippen LogP contribution in [0.5, 0.6) is 0 Å². The zero-order valence-electron chi connectivity index (χ0n) is 45.2. The first-order chi connectivity index (χ1) is 34.5. The SMILES string of the molecule is CC/C=C\C/C=C\C/C=C\C/C=C\C/C=C\C/C=C\C/C=C\C/C=C\CCCCC(=O)OCC(COC(=O)CCCCCCCCC)OC(=O)CCCCCCCCC/C=C\C/C=C\CCCCCC. The number of carbonyl (C=O) groups excluding carboxylic acids is 3. The van der Waals surface area contributed by atoms with Crippen LogP contribution in [-0.2, 0) is 28.6 Å². The zero-order valence-corrected chi connectivity index (χ0v) is 45.2. The fourth-order valence-corrected chi connectivity index (χ4v) is 7.43. The third-order valence-corrected chi connectivity index (χ3v) is 11.7. The molecule has 0 bridgehead atoms. The molecular formula is C64H104O6. The highest BCUT2D eigenvalue weighted by molar-refractivity contribution is 5.71. The molecule has 0 saturated heterocycles. The van der Waals surface area contributed by atoms with Gasteiger partial charge in [0.05, 0.1) is 0 Å². The summed E-state index contributed by atoms with van der Waals surface area (Å²) in [6.07, 6.45) is 79.2. The van der Waals surface area contributed by atoms with Gasteiger partial charge in [-0.1, -0.05) is 232 Å². The molecule has 0 aliphatic rings. The van der Waals surface area contributed by atoms with E-state index >= 15 is 0 Å². The minimum absolute atomic E-state index is 0.0972. The maximum Gasteiger partial charge on any atom is 0.306 e. The number of unbranched alkanes of at least 4 members (excludes halogenated alkanes) is 19. The minimum Gasteiger partial charge on any atom is -0.462 e. The van der Waals surface area contributed by atoms with Gasteiger partial charge in [-0.05, 0) is 116 Å². The Hall–Kier alpha value is -4.19. The molecule has 1 atom stereocenters. The molecule has 0 aromatic rings. The van der Waals surface area contributed by atoms with E-state index in [1.807, 2.05) is 0 Å². The van der Waals surface area contributed by atoms with Crippen LogP contribution in [0.2, 0.25) is 0 Å². The lowest BCUT2D eigenvalue weighted by Gasteiger charge is -2.18.